The molecule has 3 rings (SSSR count). The minimum absolute atomic E-state index is 0.0473. The zero-order valence-electron chi connectivity index (χ0n) is 19.7. The quantitative estimate of drug-likeness (QED) is 0.499. The third kappa shape index (κ3) is 6.52. The molecule has 0 aromatic heterocycles. The van der Waals surface area contributed by atoms with E-state index in [1.165, 1.54) is 0 Å². The normalized spacial score (nSPS) is 19.0. The first-order valence-electron chi connectivity index (χ1n) is 11.7. The minimum atomic E-state index is -0.547. The zero-order chi connectivity index (χ0) is 23.8. The fourth-order valence-corrected chi connectivity index (χ4v) is 5.82. The first-order chi connectivity index (χ1) is 16.0. The van der Waals surface area contributed by atoms with Gasteiger partial charge in [0.15, 0.2) is 0 Å². The number of hydrogen-bond donors (Lipinski definition) is 1. The van der Waals surface area contributed by atoms with Crippen LogP contribution < -0.4 is 5.32 Å². The van der Waals surface area contributed by atoms with Gasteiger partial charge in [-0.3, -0.25) is 9.59 Å². The molecular formula is C26H34ClN3O2S. The van der Waals surface area contributed by atoms with Crippen LogP contribution in [0, 0.1) is 0 Å². The number of nitrogens with zero attached hydrogens (tertiary/aromatic N) is 2. The van der Waals surface area contributed by atoms with Crippen molar-refractivity contribution < 1.29 is 9.59 Å². The lowest BCUT2D eigenvalue weighted by molar-refractivity contribution is -0.125. The summed E-state index contributed by atoms with van der Waals surface area (Å²) in [5, 5.41) is 3.32. The highest BCUT2D eigenvalue weighted by atomic mass is 35.5. The lowest BCUT2D eigenvalue weighted by Crippen LogP contribution is -2.50. The number of carbonyl (C=O) groups excluding carboxylic acids is 2. The van der Waals surface area contributed by atoms with Crippen LogP contribution in [0.2, 0.25) is 5.02 Å². The van der Waals surface area contributed by atoms with Gasteiger partial charge in [0.05, 0.1) is 10.6 Å². The molecule has 5 nitrogen and oxygen atoms in total. The van der Waals surface area contributed by atoms with Crippen molar-refractivity contribution in [2.24, 2.45) is 0 Å². The van der Waals surface area contributed by atoms with E-state index in [1.54, 1.807) is 40.9 Å². The summed E-state index contributed by atoms with van der Waals surface area (Å²) in [4.78, 5) is 31.0. The molecule has 1 N–H and O–H groups in total. The molecule has 3 atom stereocenters. The van der Waals surface area contributed by atoms with Crippen LogP contribution in [0.15, 0.2) is 54.6 Å². The second-order valence-electron chi connectivity index (χ2n) is 8.38. The molecule has 0 spiro atoms. The maximum atomic E-state index is 13.6. The summed E-state index contributed by atoms with van der Waals surface area (Å²) >= 11 is 7.97. The third-order valence-corrected chi connectivity index (χ3v) is 7.77. The molecule has 3 unspecified atom stereocenters. The van der Waals surface area contributed by atoms with E-state index < -0.39 is 6.04 Å². The number of hydrogen-bond acceptors (Lipinski definition) is 4. The summed E-state index contributed by atoms with van der Waals surface area (Å²) in [5.74, 6) is 0.235. The van der Waals surface area contributed by atoms with Crippen molar-refractivity contribution in [2.45, 2.75) is 51.1 Å². The molecule has 2 aromatic rings. The Balaban J connectivity index is 1.74. The largest absolute Gasteiger partial charge is 0.352 e. The number of thioether (sulfide) groups is 1. The summed E-state index contributed by atoms with van der Waals surface area (Å²) in [7, 11) is 0. The SMILES string of the molecule is CCN(CC)CCCC(C)NC(=O)C1CSC(c2ccccc2)N1C(=O)c1ccccc1Cl. The molecule has 33 heavy (non-hydrogen) atoms. The molecule has 0 bridgehead atoms. The van der Waals surface area contributed by atoms with Gasteiger partial charge >= 0.3 is 0 Å². The van der Waals surface area contributed by atoms with Crippen molar-refractivity contribution in [3.63, 3.8) is 0 Å². The lowest BCUT2D eigenvalue weighted by atomic mass is 10.1. The minimum Gasteiger partial charge on any atom is -0.352 e. The van der Waals surface area contributed by atoms with Crippen LogP contribution in [0.5, 0.6) is 0 Å². The van der Waals surface area contributed by atoms with Crippen LogP contribution in [0.25, 0.3) is 0 Å². The average molecular weight is 488 g/mol. The molecule has 2 aromatic carbocycles. The topological polar surface area (TPSA) is 52.7 Å². The van der Waals surface area contributed by atoms with Gasteiger partial charge in [-0.15, -0.1) is 11.8 Å². The van der Waals surface area contributed by atoms with Crippen molar-refractivity contribution in [2.75, 3.05) is 25.4 Å². The lowest BCUT2D eigenvalue weighted by Gasteiger charge is -2.30. The third-order valence-electron chi connectivity index (χ3n) is 6.12. The van der Waals surface area contributed by atoms with Crippen LogP contribution >= 0.6 is 23.4 Å². The fraction of sp³-hybridized carbons (Fsp3) is 0.462. The number of nitrogens with one attached hydrogen (secondary N) is 1. The van der Waals surface area contributed by atoms with E-state index in [-0.39, 0.29) is 23.2 Å². The predicted molar refractivity (Wildman–Crippen MR) is 138 cm³/mol. The van der Waals surface area contributed by atoms with Gasteiger partial charge in [0, 0.05) is 11.8 Å². The van der Waals surface area contributed by atoms with Gasteiger partial charge in [0.2, 0.25) is 5.91 Å². The summed E-state index contributed by atoms with van der Waals surface area (Å²) < 4.78 is 0. The number of halogens is 1. The highest BCUT2D eigenvalue weighted by molar-refractivity contribution is 7.99. The van der Waals surface area contributed by atoms with E-state index in [0.29, 0.717) is 16.3 Å². The van der Waals surface area contributed by atoms with Crippen molar-refractivity contribution in [3.05, 3.63) is 70.7 Å². The van der Waals surface area contributed by atoms with Gasteiger partial charge in [0.1, 0.15) is 11.4 Å². The Bertz CT molecular complexity index is 923. The van der Waals surface area contributed by atoms with E-state index in [0.717, 1.165) is 38.0 Å². The second kappa shape index (κ2) is 12.4. The number of benzene rings is 2. The molecule has 7 heteroatoms. The summed E-state index contributed by atoms with van der Waals surface area (Å²) in [6, 6.07) is 16.4. The Morgan fingerprint density at radius 3 is 2.45 bits per heavy atom. The molecule has 0 saturated carbocycles. The van der Waals surface area contributed by atoms with Crippen molar-refractivity contribution in [1.82, 2.24) is 15.1 Å². The van der Waals surface area contributed by atoms with E-state index in [4.69, 9.17) is 11.6 Å². The Morgan fingerprint density at radius 2 is 1.79 bits per heavy atom. The zero-order valence-corrected chi connectivity index (χ0v) is 21.2. The van der Waals surface area contributed by atoms with Crippen LogP contribution in [0.3, 0.4) is 0 Å². The molecule has 178 valence electrons. The molecule has 1 heterocycles. The van der Waals surface area contributed by atoms with E-state index in [2.05, 4.69) is 24.1 Å². The number of carbonyl (C=O) groups is 2. The number of rotatable bonds is 10. The Morgan fingerprint density at radius 1 is 1.12 bits per heavy atom. The van der Waals surface area contributed by atoms with Gasteiger partial charge < -0.3 is 15.1 Å². The average Bonchev–Trinajstić information content (AvgIpc) is 3.28. The van der Waals surface area contributed by atoms with Gasteiger partial charge in [-0.05, 0) is 57.1 Å². The maximum Gasteiger partial charge on any atom is 0.257 e. The van der Waals surface area contributed by atoms with E-state index in [9.17, 15) is 9.59 Å². The smallest absolute Gasteiger partial charge is 0.257 e. The molecule has 1 aliphatic heterocycles. The van der Waals surface area contributed by atoms with Gasteiger partial charge in [0.25, 0.3) is 5.91 Å². The molecule has 1 aliphatic rings. The van der Waals surface area contributed by atoms with Gasteiger partial charge in [-0.2, -0.15) is 0 Å². The maximum absolute atomic E-state index is 13.6. The van der Waals surface area contributed by atoms with E-state index in [1.807, 2.05) is 37.3 Å². The van der Waals surface area contributed by atoms with Crippen LogP contribution in [-0.4, -0.2) is 59.1 Å². The fourth-order valence-electron chi connectivity index (χ4n) is 4.18. The summed E-state index contributed by atoms with van der Waals surface area (Å²) in [6.45, 7) is 9.48. The molecule has 0 aliphatic carbocycles. The highest BCUT2D eigenvalue weighted by Gasteiger charge is 2.43. The van der Waals surface area contributed by atoms with E-state index >= 15 is 0 Å². The van der Waals surface area contributed by atoms with Crippen LogP contribution in [-0.2, 0) is 4.79 Å². The van der Waals surface area contributed by atoms with Crippen molar-refractivity contribution in [3.8, 4) is 0 Å². The molecule has 2 amide bonds. The first kappa shape index (κ1) is 25.6. The predicted octanol–water partition coefficient (Wildman–Crippen LogP) is 5.22. The van der Waals surface area contributed by atoms with Crippen LogP contribution in [0.1, 0.15) is 54.9 Å². The van der Waals surface area contributed by atoms with Crippen molar-refractivity contribution >= 4 is 35.2 Å². The Labute approximate surface area is 206 Å². The van der Waals surface area contributed by atoms with Gasteiger partial charge in [-0.25, -0.2) is 0 Å². The second-order valence-corrected chi connectivity index (χ2v) is 9.90. The summed E-state index contributed by atoms with van der Waals surface area (Å²) in [5.41, 5.74) is 1.43. The Kier molecular flexibility index (Phi) is 9.65. The summed E-state index contributed by atoms with van der Waals surface area (Å²) in [6.07, 6.45) is 1.93. The standard InChI is InChI=1S/C26H34ClN3O2S/c1-4-29(5-2)17-11-12-19(3)28-24(31)23-18-33-26(20-13-7-6-8-14-20)30(23)25(32)21-15-9-10-16-22(21)27/h6-10,13-16,19,23,26H,4-5,11-12,17-18H2,1-3H3,(H,28,31). The number of amides is 2. The molecule has 1 fully saturated rings. The monoisotopic (exact) mass is 487 g/mol. The Hall–Kier alpha value is -2.02. The van der Waals surface area contributed by atoms with Crippen LogP contribution in [0.4, 0.5) is 0 Å². The molecular weight excluding hydrogens is 454 g/mol. The molecule has 0 radical (unpaired) electrons. The van der Waals surface area contributed by atoms with Crippen molar-refractivity contribution in [1.29, 1.82) is 0 Å². The first-order valence-corrected chi connectivity index (χ1v) is 13.1. The molecule has 1 saturated heterocycles. The highest BCUT2D eigenvalue weighted by Crippen LogP contribution is 2.42. The van der Waals surface area contributed by atoms with Gasteiger partial charge in [-0.1, -0.05) is 67.9 Å².